The van der Waals surface area contributed by atoms with E-state index >= 15 is 0 Å². The number of methoxy groups -OCH3 is 2. The van der Waals surface area contributed by atoms with Crippen LogP contribution in [0, 0.1) is 13.8 Å². The SMILES string of the molecule is COc1ccc(C=NOCc2nc3c4c(C)c(C)n(C5CCCCCC5)c4ncn3n2)cc1OC. The highest BCUT2D eigenvalue weighted by Gasteiger charge is 2.23. The number of hydrogen-bond acceptors (Lipinski definition) is 7. The smallest absolute Gasteiger partial charge is 0.192 e. The van der Waals surface area contributed by atoms with Crippen LogP contribution in [0.5, 0.6) is 11.5 Å². The Labute approximate surface area is 204 Å². The summed E-state index contributed by atoms with van der Waals surface area (Å²) in [6.45, 7) is 4.51. The molecule has 0 N–H and O–H groups in total. The maximum atomic E-state index is 5.50. The second kappa shape index (κ2) is 9.93. The van der Waals surface area contributed by atoms with Crippen LogP contribution >= 0.6 is 0 Å². The lowest BCUT2D eigenvalue weighted by atomic mass is 10.1. The predicted molar refractivity (Wildman–Crippen MR) is 134 cm³/mol. The van der Waals surface area contributed by atoms with Crippen LogP contribution < -0.4 is 9.47 Å². The topological polar surface area (TPSA) is 88.1 Å². The summed E-state index contributed by atoms with van der Waals surface area (Å²) in [4.78, 5) is 15.1. The van der Waals surface area contributed by atoms with E-state index in [0.29, 0.717) is 23.4 Å². The second-order valence-electron chi connectivity index (χ2n) is 9.09. The molecule has 1 fully saturated rings. The van der Waals surface area contributed by atoms with Crippen molar-refractivity contribution < 1.29 is 14.3 Å². The molecule has 9 nitrogen and oxygen atoms in total. The van der Waals surface area contributed by atoms with Crippen LogP contribution in [-0.2, 0) is 11.4 Å². The average Bonchev–Trinajstić information content (AvgIpc) is 3.26. The molecule has 0 unspecified atom stereocenters. The first-order chi connectivity index (χ1) is 17.1. The highest BCUT2D eigenvalue weighted by molar-refractivity contribution is 5.94. The fourth-order valence-electron chi connectivity index (χ4n) is 5.08. The number of aromatic nitrogens is 5. The van der Waals surface area contributed by atoms with E-state index in [1.54, 1.807) is 31.3 Å². The van der Waals surface area contributed by atoms with E-state index < -0.39 is 0 Å². The zero-order valence-electron chi connectivity index (χ0n) is 20.8. The van der Waals surface area contributed by atoms with E-state index in [0.717, 1.165) is 22.2 Å². The lowest BCUT2D eigenvalue weighted by molar-refractivity contribution is 0.126. The lowest BCUT2D eigenvalue weighted by Gasteiger charge is -2.19. The Morgan fingerprint density at radius 1 is 1.03 bits per heavy atom. The van der Waals surface area contributed by atoms with Crippen LogP contribution in [0.25, 0.3) is 16.7 Å². The van der Waals surface area contributed by atoms with Crippen molar-refractivity contribution >= 4 is 22.9 Å². The lowest BCUT2D eigenvalue weighted by Crippen LogP contribution is -2.10. The molecule has 4 aromatic rings. The second-order valence-corrected chi connectivity index (χ2v) is 9.09. The van der Waals surface area contributed by atoms with Crippen LogP contribution in [0.1, 0.15) is 67.2 Å². The first kappa shape index (κ1) is 23.1. The molecule has 0 bridgehead atoms. The third-order valence-corrected chi connectivity index (χ3v) is 6.99. The molecule has 1 aliphatic carbocycles. The fourth-order valence-corrected chi connectivity index (χ4v) is 5.08. The highest BCUT2D eigenvalue weighted by atomic mass is 16.6. The summed E-state index contributed by atoms with van der Waals surface area (Å²) >= 11 is 0. The number of aryl methyl sites for hydroxylation is 1. The van der Waals surface area contributed by atoms with Gasteiger partial charge in [-0.2, -0.15) is 0 Å². The standard InChI is InChI=1S/C26H32N6O3/c1-17-18(2)32(20-9-7-5-6-8-10-20)25-24(17)26-29-23(30-31(26)16-27-25)15-35-28-14-19-11-12-21(33-3)22(13-19)34-4/h11-14,16,20H,5-10,15H2,1-4H3. The van der Waals surface area contributed by atoms with Crippen LogP contribution in [0.4, 0.5) is 0 Å². The maximum Gasteiger partial charge on any atom is 0.192 e. The molecule has 3 heterocycles. The molecular formula is C26H32N6O3. The largest absolute Gasteiger partial charge is 0.493 e. The number of benzene rings is 1. The number of nitrogens with zero attached hydrogens (tertiary/aromatic N) is 6. The highest BCUT2D eigenvalue weighted by Crippen LogP contribution is 2.35. The predicted octanol–water partition coefficient (Wildman–Crippen LogP) is 5.16. The van der Waals surface area contributed by atoms with Gasteiger partial charge < -0.3 is 18.9 Å². The van der Waals surface area contributed by atoms with Crippen molar-refractivity contribution in [3.8, 4) is 11.5 Å². The van der Waals surface area contributed by atoms with Gasteiger partial charge in [0.1, 0.15) is 12.0 Å². The van der Waals surface area contributed by atoms with Gasteiger partial charge in [-0.15, -0.1) is 5.10 Å². The van der Waals surface area contributed by atoms with E-state index in [1.165, 1.54) is 49.8 Å². The third kappa shape index (κ3) is 4.42. The molecule has 0 radical (unpaired) electrons. The van der Waals surface area contributed by atoms with Crippen molar-refractivity contribution in [1.29, 1.82) is 0 Å². The van der Waals surface area contributed by atoms with Crippen LogP contribution in [0.15, 0.2) is 29.7 Å². The summed E-state index contributed by atoms with van der Waals surface area (Å²) in [5.41, 5.74) is 5.14. The van der Waals surface area contributed by atoms with Crippen LogP contribution in [-0.4, -0.2) is 44.6 Å². The summed E-state index contributed by atoms with van der Waals surface area (Å²) < 4.78 is 14.8. The van der Waals surface area contributed by atoms with Gasteiger partial charge in [-0.25, -0.2) is 14.5 Å². The minimum Gasteiger partial charge on any atom is -0.493 e. The van der Waals surface area contributed by atoms with Gasteiger partial charge in [0.05, 0.1) is 25.8 Å². The summed E-state index contributed by atoms with van der Waals surface area (Å²) in [6.07, 6.45) is 11.0. The van der Waals surface area contributed by atoms with Crippen LogP contribution in [0.2, 0.25) is 0 Å². The molecule has 184 valence electrons. The summed E-state index contributed by atoms with van der Waals surface area (Å²) in [5, 5.41) is 9.71. The van der Waals surface area contributed by atoms with E-state index in [1.807, 2.05) is 18.2 Å². The van der Waals surface area contributed by atoms with Crippen molar-refractivity contribution in [2.75, 3.05) is 14.2 Å². The Bertz CT molecular complexity index is 1360. The molecule has 35 heavy (non-hydrogen) atoms. The zero-order valence-corrected chi connectivity index (χ0v) is 20.8. The maximum absolute atomic E-state index is 5.50. The molecule has 1 aromatic carbocycles. The Balaban J connectivity index is 1.37. The molecule has 0 atom stereocenters. The Hall–Kier alpha value is -3.62. The van der Waals surface area contributed by atoms with Crippen LogP contribution in [0.3, 0.4) is 0 Å². The minimum atomic E-state index is 0.161. The average molecular weight is 477 g/mol. The third-order valence-electron chi connectivity index (χ3n) is 6.99. The van der Waals surface area contributed by atoms with Gasteiger partial charge in [-0.3, -0.25) is 0 Å². The minimum absolute atomic E-state index is 0.161. The molecule has 0 spiro atoms. The number of rotatable bonds is 7. The Kier molecular flexibility index (Phi) is 6.57. The first-order valence-electron chi connectivity index (χ1n) is 12.2. The van der Waals surface area contributed by atoms with E-state index in [2.05, 4.69) is 28.7 Å². The van der Waals surface area contributed by atoms with Crippen molar-refractivity contribution in [2.24, 2.45) is 5.16 Å². The normalized spacial score (nSPS) is 15.2. The van der Waals surface area contributed by atoms with E-state index in [4.69, 9.17) is 24.3 Å². The molecule has 3 aromatic heterocycles. The van der Waals surface area contributed by atoms with Gasteiger partial charge in [0.25, 0.3) is 0 Å². The zero-order chi connectivity index (χ0) is 24.4. The summed E-state index contributed by atoms with van der Waals surface area (Å²) in [5.74, 6) is 1.86. The van der Waals surface area contributed by atoms with Gasteiger partial charge in [0.2, 0.25) is 0 Å². The molecule has 5 rings (SSSR count). The van der Waals surface area contributed by atoms with E-state index in [-0.39, 0.29) is 6.61 Å². The molecule has 9 heteroatoms. The van der Waals surface area contributed by atoms with Gasteiger partial charge in [0.15, 0.2) is 29.6 Å². The molecule has 0 saturated heterocycles. The quantitative estimate of drug-likeness (QED) is 0.208. The van der Waals surface area contributed by atoms with Crippen molar-refractivity contribution in [1.82, 2.24) is 24.1 Å². The molecular weight excluding hydrogens is 444 g/mol. The molecule has 0 amide bonds. The van der Waals surface area contributed by atoms with Crippen molar-refractivity contribution in [3.05, 3.63) is 47.2 Å². The summed E-state index contributed by atoms with van der Waals surface area (Å²) in [6, 6.07) is 6.04. The van der Waals surface area contributed by atoms with Crippen molar-refractivity contribution in [3.63, 3.8) is 0 Å². The Morgan fingerprint density at radius 3 is 2.54 bits per heavy atom. The monoisotopic (exact) mass is 476 g/mol. The summed E-state index contributed by atoms with van der Waals surface area (Å²) in [7, 11) is 3.21. The number of ether oxygens (including phenoxy) is 2. The van der Waals surface area contributed by atoms with Crippen molar-refractivity contribution in [2.45, 2.75) is 65.0 Å². The number of hydrogen-bond donors (Lipinski definition) is 0. The van der Waals surface area contributed by atoms with Gasteiger partial charge >= 0.3 is 0 Å². The number of oxime groups is 1. The van der Waals surface area contributed by atoms with Gasteiger partial charge in [0, 0.05) is 17.3 Å². The van der Waals surface area contributed by atoms with E-state index in [9.17, 15) is 0 Å². The fraction of sp³-hybridized carbons (Fsp3) is 0.462. The molecule has 1 saturated carbocycles. The first-order valence-corrected chi connectivity index (χ1v) is 12.2. The number of fused-ring (bicyclic) bond motifs is 3. The van der Waals surface area contributed by atoms with Gasteiger partial charge in [-0.05, 0) is 50.5 Å². The molecule has 1 aliphatic rings. The molecule has 0 aliphatic heterocycles. The van der Waals surface area contributed by atoms with Gasteiger partial charge in [-0.1, -0.05) is 30.8 Å². The Morgan fingerprint density at radius 2 is 1.80 bits per heavy atom.